The molecule has 5 rings (SSSR count). The zero-order chi connectivity index (χ0) is 20.0. The normalized spacial score (nSPS) is 15.1. The molecule has 2 aliphatic carbocycles. The van der Waals surface area contributed by atoms with E-state index in [-0.39, 0.29) is 24.8 Å². The molecule has 1 atom stereocenters. The van der Waals surface area contributed by atoms with Gasteiger partial charge < -0.3 is 0 Å². The van der Waals surface area contributed by atoms with Gasteiger partial charge in [-0.2, -0.15) is 0 Å². The molecular weight excluding hydrogens is 498 g/mol. The van der Waals surface area contributed by atoms with Crippen molar-refractivity contribution in [1.29, 1.82) is 0 Å². The van der Waals surface area contributed by atoms with E-state index in [1.165, 1.54) is 33.4 Å². The van der Waals surface area contributed by atoms with Gasteiger partial charge in [0.25, 0.3) is 0 Å². The van der Waals surface area contributed by atoms with E-state index in [9.17, 15) is 0 Å². The monoisotopic (exact) mass is 525 g/mol. The summed E-state index contributed by atoms with van der Waals surface area (Å²) in [7, 11) is 0. The number of hydrogen-bond donors (Lipinski definition) is 0. The molecule has 0 saturated heterocycles. The molecule has 3 aromatic rings. The van der Waals surface area contributed by atoms with Crippen molar-refractivity contribution in [1.82, 2.24) is 0 Å². The maximum Gasteiger partial charge on any atom is -0.147 e. The maximum absolute atomic E-state index is 2.98. The van der Waals surface area contributed by atoms with Crippen LogP contribution in [0.3, 0.4) is 0 Å². The standard InChI is InChI=1S/C15H13.C7H6.C5H5.CH3.2ClH.Zr/c1-10-3-5-14-12(7-10)9-13-8-11(2)4-6-15(13)14;1-7-5-3-2-4-6-7;1-2-4-5-3-1;;;;/h3-7H,9H2,1-2H3;1-6H;1-3H,4H2;1H3;2*1H;. The Morgan fingerprint density at radius 2 is 1.61 bits per heavy atom. The second-order valence-electron chi connectivity index (χ2n) is 8.70. The summed E-state index contributed by atoms with van der Waals surface area (Å²) in [5.41, 5.74) is 10.2. The van der Waals surface area contributed by atoms with Gasteiger partial charge in [0, 0.05) is 0 Å². The van der Waals surface area contributed by atoms with Crippen molar-refractivity contribution < 1.29 is 19.8 Å². The Balaban J connectivity index is 0.00000136. The van der Waals surface area contributed by atoms with Gasteiger partial charge in [-0.1, -0.05) is 0 Å². The van der Waals surface area contributed by atoms with Crippen LogP contribution in [0.2, 0.25) is 4.63 Å². The minimum atomic E-state index is -2.98. The third kappa shape index (κ3) is 4.26. The molecule has 159 valence electrons. The Morgan fingerprint density at radius 3 is 2.32 bits per heavy atom. The van der Waals surface area contributed by atoms with Crippen LogP contribution in [0, 0.1) is 13.8 Å². The molecule has 0 bridgehead atoms. The maximum atomic E-state index is 2.68. The number of hydrogen-bond acceptors (Lipinski definition) is 0. The third-order valence-corrected chi connectivity index (χ3v) is 17.3. The fraction of sp³-hybridized carbons (Fsp3) is 0.179. The van der Waals surface area contributed by atoms with Gasteiger partial charge in [-0.15, -0.1) is 24.8 Å². The molecule has 3 aromatic carbocycles. The zero-order valence-corrected chi connectivity index (χ0v) is 22.4. The van der Waals surface area contributed by atoms with E-state index in [1.807, 2.05) is 0 Å². The SMILES string of the molecule is Cc1ccc2c(c1)Cc1c-2ccc(C)[c]1[Zr]([CH3])(=[CH]c1ccccc1)[C]1=CC=CC1.Cl.Cl. The third-order valence-electron chi connectivity index (χ3n) is 6.65. The summed E-state index contributed by atoms with van der Waals surface area (Å²) in [6.07, 6.45) is 9.21. The quantitative estimate of drug-likeness (QED) is 0.264. The zero-order valence-electron chi connectivity index (χ0n) is 18.3. The van der Waals surface area contributed by atoms with Gasteiger partial charge in [0.1, 0.15) is 0 Å². The number of rotatable bonds is 3. The molecule has 1 unspecified atom stereocenters. The number of fused-ring (bicyclic) bond motifs is 3. The molecule has 0 radical (unpaired) electrons. The second kappa shape index (κ2) is 9.54. The van der Waals surface area contributed by atoms with Gasteiger partial charge >= 0.3 is 179 Å². The fourth-order valence-corrected chi connectivity index (χ4v) is 15.7. The van der Waals surface area contributed by atoms with Crippen LogP contribution in [0.4, 0.5) is 0 Å². The van der Waals surface area contributed by atoms with Gasteiger partial charge in [-0.25, -0.2) is 0 Å². The first-order valence-electron chi connectivity index (χ1n) is 10.6. The largest absolute Gasteiger partial charge is 0.147 e. The molecular formula is C28H29Cl2Zr. The minimum absolute atomic E-state index is 0. The smallest absolute Gasteiger partial charge is 0.147 e. The van der Waals surface area contributed by atoms with Gasteiger partial charge in [-0.3, -0.25) is 0 Å². The summed E-state index contributed by atoms with van der Waals surface area (Å²) in [6, 6.07) is 22.7. The van der Waals surface area contributed by atoms with Crippen molar-refractivity contribution in [2.75, 3.05) is 0 Å². The predicted octanol–water partition coefficient (Wildman–Crippen LogP) is 7.24. The van der Waals surface area contributed by atoms with E-state index in [0.717, 1.165) is 12.8 Å². The van der Waals surface area contributed by atoms with Crippen LogP contribution in [0.1, 0.15) is 34.2 Å². The van der Waals surface area contributed by atoms with Crippen LogP contribution in [0.15, 0.2) is 82.2 Å². The van der Waals surface area contributed by atoms with Crippen LogP contribution in [0.25, 0.3) is 11.1 Å². The first kappa shape index (κ1) is 24.1. The average Bonchev–Trinajstić information content (AvgIpc) is 3.36. The second-order valence-corrected chi connectivity index (χ2v) is 18.1. The van der Waals surface area contributed by atoms with E-state index < -0.39 is 19.8 Å². The Bertz CT molecular complexity index is 1230. The molecule has 0 fully saturated rings. The molecule has 0 N–H and O–H groups in total. The summed E-state index contributed by atoms with van der Waals surface area (Å²) in [6.45, 7) is 4.54. The van der Waals surface area contributed by atoms with E-state index >= 15 is 0 Å². The molecule has 0 heterocycles. The minimum Gasteiger partial charge on any atom is -0.147 e. The fourth-order valence-electron chi connectivity index (χ4n) is 5.29. The van der Waals surface area contributed by atoms with E-state index in [2.05, 4.69) is 101 Å². The van der Waals surface area contributed by atoms with Gasteiger partial charge in [0.05, 0.1) is 0 Å². The summed E-state index contributed by atoms with van der Waals surface area (Å²) in [4.78, 5) is 0. The van der Waals surface area contributed by atoms with E-state index in [4.69, 9.17) is 0 Å². The Hall–Kier alpha value is -1.53. The van der Waals surface area contributed by atoms with Crippen molar-refractivity contribution in [2.45, 2.75) is 31.3 Å². The molecule has 0 nitrogen and oxygen atoms in total. The van der Waals surface area contributed by atoms with Crippen LogP contribution >= 0.6 is 24.8 Å². The van der Waals surface area contributed by atoms with Crippen molar-refractivity contribution in [3.05, 3.63) is 110 Å². The predicted molar refractivity (Wildman–Crippen MR) is 138 cm³/mol. The molecule has 3 heteroatoms. The van der Waals surface area contributed by atoms with Crippen molar-refractivity contribution in [2.24, 2.45) is 0 Å². The van der Waals surface area contributed by atoms with Crippen molar-refractivity contribution in [3.63, 3.8) is 0 Å². The Labute approximate surface area is 202 Å². The molecule has 0 aromatic heterocycles. The molecule has 0 aliphatic heterocycles. The van der Waals surface area contributed by atoms with Crippen LogP contribution in [0.5, 0.6) is 0 Å². The van der Waals surface area contributed by atoms with Crippen molar-refractivity contribution in [3.8, 4) is 11.1 Å². The Kier molecular flexibility index (Phi) is 7.42. The molecule has 0 saturated carbocycles. The number of allylic oxidation sites excluding steroid dienone is 4. The summed E-state index contributed by atoms with van der Waals surface area (Å²) >= 11 is -2.98. The first-order chi connectivity index (χ1) is 14.1. The van der Waals surface area contributed by atoms with Gasteiger partial charge in [0.2, 0.25) is 0 Å². The van der Waals surface area contributed by atoms with Gasteiger partial charge in [-0.05, 0) is 0 Å². The van der Waals surface area contributed by atoms with Crippen LogP contribution < -0.4 is 3.27 Å². The molecule has 31 heavy (non-hydrogen) atoms. The Morgan fingerprint density at radius 1 is 0.871 bits per heavy atom. The topological polar surface area (TPSA) is 0 Å². The number of benzene rings is 3. The van der Waals surface area contributed by atoms with Crippen LogP contribution in [-0.4, -0.2) is 3.71 Å². The van der Waals surface area contributed by atoms with E-state index in [1.54, 1.807) is 12.1 Å². The van der Waals surface area contributed by atoms with E-state index in [0.29, 0.717) is 0 Å². The summed E-state index contributed by atoms with van der Waals surface area (Å²) in [5, 5.41) is 0. The number of aryl methyl sites for hydroxylation is 2. The number of halogens is 2. The molecule has 0 spiro atoms. The average molecular weight is 528 g/mol. The van der Waals surface area contributed by atoms with Crippen molar-refractivity contribution >= 4 is 31.8 Å². The van der Waals surface area contributed by atoms with Gasteiger partial charge in [0.15, 0.2) is 0 Å². The first-order valence-corrected chi connectivity index (χ1v) is 16.9. The summed E-state index contributed by atoms with van der Waals surface area (Å²) in [5.74, 6) is 0. The summed E-state index contributed by atoms with van der Waals surface area (Å²) < 4.78 is 8.69. The molecule has 2 aliphatic rings. The molecule has 0 amide bonds. The van der Waals surface area contributed by atoms with Crippen LogP contribution in [-0.2, 0) is 26.2 Å².